The van der Waals surface area contributed by atoms with Crippen molar-refractivity contribution in [1.82, 2.24) is 10.6 Å². The Kier molecular flexibility index (Phi) is 6.19. The normalized spacial score (nSPS) is 11.3. The van der Waals surface area contributed by atoms with E-state index in [0.29, 0.717) is 12.0 Å². The number of amides is 2. The van der Waals surface area contributed by atoms with E-state index in [2.05, 4.69) is 10.1 Å². The van der Waals surface area contributed by atoms with E-state index in [-0.39, 0.29) is 12.3 Å². The van der Waals surface area contributed by atoms with E-state index in [0.717, 1.165) is 0 Å². The number of nitrogens with one attached hydrogen (secondary N) is 2. The molecule has 0 unspecified atom stereocenters. The summed E-state index contributed by atoms with van der Waals surface area (Å²) in [7, 11) is 0. The summed E-state index contributed by atoms with van der Waals surface area (Å²) >= 11 is 0. The molecule has 0 bridgehead atoms. The molecule has 0 radical (unpaired) electrons. The molecule has 0 aliphatic heterocycles. The largest absolute Gasteiger partial charge is 0.435 e. The van der Waals surface area contributed by atoms with E-state index in [1.807, 2.05) is 0 Å². The van der Waals surface area contributed by atoms with Gasteiger partial charge in [0.25, 0.3) is 0 Å². The monoisotopic (exact) mass is 312 g/mol. The van der Waals surface area contributed by atoms with Gasteiger partial charge in [0.05, 0.1) is 0 Å². The Bertz CT molecular complexity index is 448. The Labute approximate surface area is 117 Å². The molecule has 21 heavy (non-hydrogen) atoms. The summed E-state index contributed by atoms with van der Waals surface area (Å²) in [6.45, 7) is -4.20. The van der Waals surface area contributed by atoms with E-state index >= 15 is 0 Å². The number of alkyl halides is 5. The fourth-order valence-corrected chi connectivity index (χ4v) is 1.40. The van der Waals surface area contributed by atoms with Crippen molar-refractivity contribution in [3.05, 3.63) is 29.8 Å². The van der Waals surface area contributed by atoms with Crippen molar-refractivity contribution >= 4 is 6.03 Å². The van der Waals surface area contributed by atoms with Gasteiger partial charge in [0.2, 0.25) is 0 Å². The molecule has 1 rings (SSSR count). The molecule has 0 fully saturated rings. The minimum Gasteiger partial charge on any atom is -0.435 e. The predicted octanol–water partition coefficient (Wildman–Crippen LogP) is 2.69. The van der Waals surface area contributed by atoms with Crippen LogP contribution in [0.4, 0.5) is 26.7 Å². The highest BCUT2D eigenvalue weighted by Crippen LogP contribution is 2.15. The molecule has 0 saturated carbocycles. The number of urea groups is 1. The lowest BCUT2D eigenvalue weighted by Gasteiger charge is -2.10. The molecule has 0 aromatic heterocycles. The van der Waals surface area contributed by atoms with E-state index in [4.69, 9.17) is 0 Å². The zero-order chi connectivity index (χ0) is 15.9. The van der Waals surface area contributed by atoms with E-state index in [9.17, 15) is 26.7 Å². The quantitative estimate of drug-likeness (QED) is 0.794. The van der Waals surface area contributed by atoms with Gasteiger partial charge in [-0.3, -0.25) is 0 Å². The Hall–Kier alpha value is -2.06. The Balaban J connectivity index is 2.27. The number of ether oxygens (including phenoxy) is 1. The van der Waals surface area contributed by atoms with E-state index in [1.54, 1.807) is 5.32 Å². The maximum Gasteiger partial charge on any atom is 0.405 e. The molecule has 0 heterocycles. The van der Waals surface area contributed by atoms with Gasteiger partial charge in [-0.2, -0.15) is 22.0 Å². The van der Waals surface area contributed by atoms with Crippen LogP contribution >= 0.6 is 0 Å². The fraction of sp³-hybridized carbons (Fsp3) is 0.417. The van der Waals surface area contributed by atoms with Crippen LogP contribution in [0.2, 0.25) is 0 Å². The first-order chi connectivity index (χ1) is 9.76. The Morgan fingerprint density at radius 2 is 1.76 bits per heavy atom. The molecule has 2 amide bonds. The lowest BCUT2D eigenvalue weighted by Crippen LogP contribution is -2.41. The molecule has 1 aromatic carbocycles. The van der Waals surface area contributed by atoms with E-state index in [1.165, 1.54) is 24.3 Å². The molecule has 0 aliphatic rings. The number of carbonyl (C=O) groups is 1. The predicted molar refractivity (Wildman–Crippen MR) is 64.2 cm³/mol. The van der Waals surface area contributed by atoms with Crippen LogP contribution in [0.1, 0.15) is 5.56 Å². The van der Waals surface area contributed by atoms with Crippen LogP contribution in [0.5, 0.6) is 5.75 Å². The van der Waals surface area contributed by atoms with Crippen LogP contribution in [0.3, 0.4) is 0 Å². The van der Waals surface area contributed by atoms with Gasteiger partial charge < -0.3 is 15.4 Å². The first-order valence-electron chi connectivity index (χ1n) is 5.88. The maximum atomic E-state index is 11.9. The van der Waals surface area contributed by atoms with Crippen LogP contribution in [-0.2, 0) is 6.42 Å². The summed E-state index contributed by atoms with van der Waals surface area (Å²) in [5.74, 6) is 0.00429. The average Bonchev–Trinajstić information content (AvgIpc) is 2.37. The van der Waals surface area contributed by atoms with Gasteiger partial charge in [-0.05, 0) is 24.1 Å². The number of hydrogen-bond acceptors (Lipinski definition) is 2. The second kappa shape index (κ2) is 7.65. The smallest absolute Gasteiger partial charge is 0.405 e. The van der Waals surface area contributed by atoms with E-state index < -0.39 is 25.4 Å². The van der Waals surface area contributed by atoms with Crippen LogP contribution < -0.4 is 15.4 Å². The highest BCUT2D eigenvalue weighted by Gasteiger charge is 2.27. The second-order valence-corrected chi connectivity index (χ2v) is 4.00. The fourth-order valence-electron chi connectivity index (χ4n) is 1.40. The summed E-state index contributed by atoms with van der Waals surface area (Å²) in [4.78, 5) is 11.0. The molecule has 0 aliphatic carbocycles. The van der Waals surface area contributed by atoms with Crippen molar-refractivity contribution in [2.75, 3.05) is 13.1 Å². The lowest BCUT2D eigenvalue weighted by atomic mass is 10.1. The van der Waals surface area contributed by atoms with Gasteiger partial charge in [-0.15, -0.1) is 0 Å². The van der Waals surface area contributed by atoms with Crippen molar-refractivity contribution in [1.29, 1.82) is 0 Å². The molecule has 2 N–H and O–H groups in total. The summed E-state index contributed by atoms with van der Waals surface area (Å²) in [6, 6.07) is 4.79. The van der Waals surface area contributed by atoms with Crippen molar-refractivity contribution in [2.24, 2.45) is 0 Å². The SMILES string of the molecule is O=C(NCCc1ccc(OC(F)F)cc1)NCC(F)(F)F. The average molecular weight is 312 g/mol. The van der Waals surface area contributed by atoms with Crippen molar-refractivity contribution in [3.63, 3.8) is 0 Å². The Morgan fingerprint density at radius 3 is 2.29 bits per heavy atom. The molecule has 1 aromatic rings. The molecule has 0 spiro atoms. The topological polar surface area (TPSA) is 50.4 Å². The third-order valence-corrected chi connectivity index (χ3v) is 2.30. The van der Waals surface area contributed by atoms with Gasteiger partial charge >= 0.3 is 18.8 Å². The first kappa shape index (κ1) is 17.0. The van der Waals surface area contributed by atoms with Gasteiger partial charge in [0.1, 0.15) is 12.3 Å². The molecule has 118 valence electrons. The number of benzene rings is 1. The van der Waals surface area contributed by atoms with Gasteiger partial charge in [0.15, 0.2) is 0 Å². The highest BCUT2D eigenvalue weighted by atomic mass is 19.4. The van der Waals surface area contributed by atoms with Crippen LogP contribution in [0, 0.1) is 0 Å². The minimum absolute atomic E-state index is 0.00429. The summed E-state index contributed by atoms with van der Waals surface area (Å²) in [5, 5.41) is 3.91. The van der Waals surface area contributed by atoms with Gasteiger partial charge in [-0.1, -0.05) is 12.1 Å². The molecule has 0 atom stereocenters. The summed E-state index contributed by atoms with van der Waals surface area (Å²) in [6.07, 6.45) is -4.12. The van der Waals surface area contributed by atoms with Crippen molar-refractivity contribution < 1.29 is 31.5 Å². The minimum atomic E-state index is -4.46. The number of hydrogen-bond donors (Lipinski definition) is 2. The van der Waals surface area contributed by atoms with Crippen molar-refractivity contribution in [2.45, 2.75) is 19.2 Å². The molecule has 4 nitrogen and oxygen atoms in total. The Morgan fingerprint density at radius 1 is 1.14 bits per heavy atom. The zero-order valence-corrected chi connectivity index (χ0v) is 10.7. The van der Waals surface area contributed by atoms with Crippen LogP contribution in [0.15, 0.2) is 24.3 Å². The zero-order valence-electron chi connectivity index (χ0n) is 10.7. The third-order valence-electron chi connectivity index (χ3n) is 2.30. The van der Waals surface area contributed by atoms with Crippen LogP contribution in [-0.4, -0.2) is 31.9 Å². The number of halogens is 5. The highest BCUT2D eigenvalue weighted by molar-refractivity contribution is 5.73. The standard InChI is InChI=1S/C12H13F5N2O2/c13-10(14)21-9-3-1-8(2-4-9)5-6-18-11(20)19-7-12(15,16)17/h1-4,10H,5-7H2,(H2,18,19,20). The van der Waals surface area contributed by atoms with Gasteiger partial charge in [0, 0.05) is 6.54 Å². The first-order valence-corrected chi connectivity index (χ1v) is 5.88. The summed E-state index contributed by atoms with van der Waals surface area (Å²) < 4.78 is 63.5. The number of rotatable bonds is 6. The van der Waals surface area contributed by atoms with Crippen LogP contribution in [0.25, 0.3) is 0 Å². The molecule has 0 saturated heterocycles. The molecular weight excluding hydrogens is 299 g/mol. The molecule has 9 heteroatoms. The van der Waals surface area contributed by atoms with Crippen molar-refractivity contribution in [3.8, 4) is 5.75 Å². The summed E-state index contributed by atoms with van der Waals surface area (Å²) in [5.41, 5.74) is 0.715. The maximum absolute atomic E-state index is 11.9. The third kappa shape index (κ3) is 7.95. The number of carbonyl (C=O) groups excluding carboxylic acids is 1. The van der Waals surface area contributed by atoms with Gasteiger partial charge in [-0.25, -0.2) is 4.79 Å². The second-order valence-electron chi connectivity index (χ2n) is 4.00. The molecular formula is C12H13F5N2O2. The lowest BCUT2D eigenvalue weighted by molar-refractivity contribution is -0.122.